The molecule has 0 saturated carbocycles. The molecule has 0 aliphatic rings. The van der Waals surface area contributed by atoms with Crippen molar-refractivity contribution in [3.05, 3.63) is 95.8 Å². The maximum atomic E-state index is 13.1. The van der Waals surface area contributed by atoms with Gasteiger partial charge in [-0.1, -0.05) is 47.7 Å². The van der Waals surface area contributed by atoms with Gasteiger partial charge < -0.3 is 5.32 Å². The zero-order chi connectivity index (χ0) is 25.7. The van der Waals surface area contributed by atoms with Crippen molar-refractivity contribution in [2.45, 2.75) is 29.7 Å². The van der Waals surface area contributed by atoms with E-state index in [1.807, 2.05) is 37.3 Å². The van der Waals surface area contributed by atoms with Gasteiger partial charge in [0, 0.05) is 23.9 Å². The number of nitrogens with one attached hydrogen (secondary N) is 1. The molecule has 4 rings (SSSR count). The van der Waals surface area contributed by atoms with E-state index in [2.05, 4.69) is 15.5 Å². The maximum absolute atomic E-state index is 13.1. The Morgan fingerprint density at radius 3 is 2.22 bits per heavy atom. The number of hydrogen-bond donors (Lipinski definition) is 1. The van der Waals surface area contributed by atoms with Gasteiger partial charge in [-0.25, -0.2) is 8.42 Å². The van der Waals surface area contributed by atoms with Crippen molar-refractivity contribution in [2.24, 2.45) is 0 Å². The molecule has 0 unspecified atom stereocenters. The third kappa shape index (κ3) is 6.07. The standard InChI is InChI=1S/C26H24N4O4S2/c1-18-8-14-23(15-9-18)36(33,34)17-25-28-29-26(30(25)22-6-4-3-5-7-22)35-16-24(32)20-10-12-21(13-11-20)27-19(2)31/h3-15H,16-17H2,1-2H3,(H,27,31). The monoisotopic (exact) mass is 520 g/mol. The summed E-state index contributed by atoms with van der Waals surface area (Å²) >= 11 is 1.18. The van der Waals surface area contributed by atoms with Crippen LogP contribution in [0.1, 0.15) is 28.7 Å². The largest absolute Gasteiger partial charge is 0.326 e. The molecule has 0 fully saturated rings. The van der Waals surface area contributed by atoms with Crippen molar-refractivity contribution in [1.29, 1.82) is 0 Å². The SMILES string of the molecule is CC(=O)Nc1ccc(C(=O)CSc2nnc(CS(=O)(=O)c3ccc(C)cc3)n2-c2ccccc2)cc1. The summed E-state index contributed by atoms with van der Waals surface area (Å²) in [6, 6.07) is 22.5. The molecule has 1 aromatic heterocycles. The average molecular weight is 521 g/mol. The van der Waals surface area contributed by atoms with Gasteiger partial charge in [-0.3, -0.25) is 14.2 Å². The number of carbonyl (C=O) groups excluding carboxylic acids is 2. The topological polar surface area (TPSA) is 111 Å². The van der Waals surface area contributed by atoms with E-state index in [1.54, 1.807) is 53.1 Å². The van der Waals surface area contributed by atoms with Gasteiger partial charge in [0.1, 0.15) is 5.75 Å². The first-order chi connectivity index (χ1) is 17.2. The minimum Gasteiger partial charge on any atom is -0.326 e. The highest BCUT2D eigenvalue weighted by Gasteiger charge is 2.23. The predicted molar refractivity (Wildman–Crippen MR) is 139 cm³/mol. The van der Waals surface area contributed by atoms with E-state index < -0.39 is 9.84 Å². The predicted octanol–water partition coefficient (Wildman–Crippen LogP) is 4.48. The van der Waals surface area contributed by atoms with Crippen LogP contribution < -0.4 is 5.32 Å². The summed E-state index contributed by atoms with van der Waals surface area (Å²) in [4.78, 5) is 24.2. The van der Waals surface area contributed by atoms with Crippen LogP contribution in [0.2, 0.25) is 0 Å². The van der Waals surface area contributed by atoms with Crippen LogP contribution in [0.25, 0.3) is 5.69 Å². The molecule has 4 aromatic rings. The number of sulfone groups is 1. The number of thioether (sulfide) groups is 1. The first kappa shape index (κ1) is 25.3. The Morgan fingerprint density at radius 1 is 0.917 bits per heavy atom. The number of rotatable bonds is 9. The van der Waals surface area contributed by atoms with Gasteiger partial charge in [-0.15, -0.1) is 10.2 Å². The Kier molecular flexibility index (Phi) is 7.66. The molecule has 10 heteroatoms. The Labute approximate surface area is 213 Å². The van der Waals surface area contributed by atoms with Gasteiger partial charge in [-0.2, -0.15) is 0 Å². The van der Waals surface area contributed by atoms with Gasteiger partial charge in [0.2, 0.25) is 5.91 Å². The van der Waals surface area contributed by atoms with Crippen molar-refractivity contribution in [3.8, 4) is 5.69 Å². The first-order valence-corrected chi connectivity index (χ1v) is 13.7. The van der Waals surface area contributed by atoms with Gasteiger partial charge in [0.25, 0.3) is 0 Å². The molecule has 0 bridgehead atoms. The lowest BCUT2D eigenvalue weighted by molar-refractivity contribution is -0.114. The Hall–Kier alpha value is -3.76. The number of ketones is 1. The van der Waals surface area contributed by atoms with E-state index in [0.717, 1.165) is 5.56 Å². The van der Waals surface area contributed by atoms with Crippen molar-refractivity contribution in [2.75, 3.05) is 11.1 Å². The Balaban J connectivity index is 1.57. The van der Waals surface area contributed by atoms with Crippen LogP contribution in [0.5, 0.6) is 0 Å². The normalized spacial score (nSPS) is 11.3. The number of anilines is 1. The molecule has 1 N–H and O–H groups in total. The highest BCUT2D eigenvalue weighted by Crippen LogP contribution is 2.26. The van der Waals surface area contributed by atoms with E-state index in [9.17, 15) is 18.0 Å². The number of aromatic nitrogens is 3. The van der Waals surface area contributed by atoms with Crippen molar-refractivity contribution in [3.63, 3.8) is 0 Å². The number of benzene rings is 3. The summed E-state index contributed by atoms with van der Waals surface area (Å²) in [6.07, 6.45) is 0. The smallest absolute Gasteiger partial charge is 0.221 e. The molecule has 184 valence electrons. The second-order valence-electron chi connectivity index (χ2n) is 8.11. The quantitative estimate of drug-likeness (QED) is 0.256. The molecule has 0 aliphatic heterocycles. The lowest BCUT2D eigenvalue weighted by Gasteiger charge is -2.11. The first-order valence-electron chi connectivity index (χ1n) is 11.1. The summed E-state index contributed by atoms with van der Waals surface area (Å²) < 4.78 is 27.8. The lowest BCUT2D eigenvalue weighted by Crippen LogP contribution is -2.11. The zero-order valence-electron chi connectivity index (χ0n) is 19.7. The zero-order valence-corrected chi connectivity index (χ0v) is 21.3. The molecule has 8 nitrogen and oxygen atoms in total. The Morgan fingerprint density at radius 2 is 1.58 bits per heavy atom. The van der Waals surface area contributed by atoms with E-state index >= 15 is 0 Å². The van der Waals surface area contributed by atoms with Crippen LogP contribution in [0.15, 0.2) is 88.9 Å². The summed E-state index contributed by atoms with van der Waals surface area (Å²) in [7, 11) is -3.66. The highest BCUT2D eigenvalue weighted by atomic mass is 32.2. The summed E-state index contributed by atoms with van der Waals surface area (Å²) in [5, 5.41) is 11.5. The number of amides is 1. The maximum Gasteiger partial charge on any atom is 0.221 e. The molecule has 0 spiro atoms. The van der Waals surface area contributed by atoms with E-state index in [-0.39, 0.29) is 33.9 Å². The Bertz CT molecular complexity index is 1480. The van der Waals surface area contributed by atoms with Crippen LogP contribution in [0, 0.1) is 6.92 Å². The van der Waals surface area contributed by atoms with Crippen LogP contribution in [0.4, 0.5) is 5.69 Å². The van der Waals surface area contributed by atoms with Crippen LogP contribution in [-0.4, -0.2) is 40.6 Å². The highest BCUT2D eigenvalue weighted by molar-refractivity contribution is 7.99. The minimum absolute atomic E-state index is 0.0785. The van der Waals surface area contributed by atoms with Gasteiger partial charge in [0.05, 0.1) is 10.6 Å². The third-order valence-electron chi connectivity index (χ3n) is 5.27. The van der Waals surface area contributed by atoms with Crippen LogP contribution >= 0.6 is 11.8 Å². The number of aryl methyl sites for hydroxylation is 1. The van der Waals surface area contributed by atoms with Gasteiger partial charge in [0.15, 0.2) is 26.6 Å². The van der Waals surface area contributed by atoms with E-state index in [0.29, 0.717) is 22.1 Å². The number of hydrogen-bond acceptors (Lipinski definition) is 7. The molecular formula is C26H24N4O4S2. The van der Waals surface area contributed by atoms with Crippen molar-refractivity contribution < 1.29 is 18.0 Å². The summed E-state index contributed by atoms with van der Waals surface area (Å²) in [5.74, 6) is -0.320. The molecule has 1 heterocycles. The van der Waals surface area contributed by atoms with Crippen molar-refractivity contribution in [1.82, 2.24) is 14.8 Å². The van der Waals surface area contributed by atoms with Crippen molar-refractivity contribution >= 4 is 39.0 Å². The molecule has 0 radical (unpaired) electrons. The van der Waals surface area contributed by atoms with Crippen LogP contribution in [-0.2, 0) is 20.4 Å². The van der Waals surface area contributed by atoms with E-state index in [1.165, 1.54) is 18.7 Å². The fourth-order valence-corrected chi connectivity index (χ4v) is 5.59. The fourth-order valence-electron chi connectivity index (χ4n) is 3.48. The average Bonchev–Trinajstić information content (AvgIpc) is 3.25. The molecule has 0 atom stereocenters. The molecular weight excluding hydrogens is 496 g/mol. The molecule has 36 heavy (non-hydrogen) atoms. The molecule has 1 amide bonds. The lowest BCUT2D eigenvalue weighted by atomic mass is 10.1. The molecule has 3 aromatic carbocycles. The molecule has 0 saturated heterocycles. The van der Waals surface area contributed by atoms with E-state index in [4.69, 9.17) is 0 Å². The number of nitrogens with zero attached hydrogens (tertiary/aromatic N) is 3. The second-order valence-corrected chi connectivity index (χ2v) is 11.0. The minimum atomic E-state index is -3.66. The summed E-state index contributed by atoms with van der Waals surface area (Å²) in [6.45, 7) is 3.31. The fraction of sp³-hybridized carbons (Fsp3) is 0.154. The van der Waals surface area contributed by atoms with Gasteiger partial charge >= 0.3 is 0 Å². The number of Topliss-reactive ketones (excluding diaryl/α,β-unsaturated/α-hetero) is 1. The molecule has 0 aliphatic carbocycles. The number of para-hydroxylation sites is 1. The number of carbonyl (C=O) groups is 2. The second kappa shape index (κ2) is 10.9. The third-order valence-corrected chi connectivity index (χ3v) is 7.83. The summed E-state index contributed by atoms with van der Waals surface area (Å²) in [5.41, 5.74) is 2.76. The van der Waals surface area contributed by atoms with Gasteiger partial charge in [-0.05, 0) is 55.5 Å². The van der Waals surface area contributed by atoms with Crippen LogP contribution in [0.3, 0.4) is 0 Å².